The van der Waals surface area contributed by atoms with Gasteiger partial charge in [-0.05, 0) is 43.3 Å². The van der Waals surface area contributed by atoms with Crippen LogP contribution in [0.2, 0.25) is 20.1 Å². The van der Waals surface area contributed by atoms with Crippen LogP contribution in [0.3, 0.4) is 0 Å². The lowest BCUT2D eigenvalue weighted by atomic mass is 10.2. The van der Waals surface area contributed by atoms with Crippen LogP contribution in [0.25, 0.3) is 0 Å². The van der Waals surface area contributed by atoms with E-state index in [2.05, 4.69) is 16.2 Å². The zero-order chi connectivity index (χ0) is 22.3. The van der Waals surface area contributed by atoms with Crippen LogP contribution in [0.1, 0.15) is 19.8 Å². The fourth-order valence-electron chi connectivity index (χ4n) is 2.14. The summed E-state index contributed by atoms with van der Waals surface area (Å²) >= 11 is 23.6. The highest BCUT2D eigenvalue weighted by molar-refractivity contribution is 6.37. The molecule has 0 fully saturated rings. The van der Waals surface area contributed by atoms with Crippen molar-refractivity contribution in [3.63, 3.8) is 0 Å². The smallest absolute Gasteiger partial charge is 0.279 e. The first-order valence-electron chi connectivity index (χ1n) is 8.61. The molecule has 3 N–H and O–H groups in total. The molecule has 0 spiro atoms. The Kier molecular flexibility index (Phi) is 9.05. The molecule has 0 aliphatic carbocycles. The van der Waals surface area contributed by atoms with Crippen LogP contribution in [0.15, 0.2) is 36.4 Å². The van der Waals surface area contributed by atoms with E-state index in [1.54, 1.807) is 18.2 Å². The number of halogens is 4. The lowest BCUT2D eigenvalue weighted by molar-refractivity contribution is -0.133. The maximum Gasteiger partial charge on any atom is 0.279 e. The quantitative estimate of drug-likeness (QED) is 0.490. The molecule has 0 bridgehead atoms. The third-order valence-electron chi connectivity index (χ3n) is 3.68. The molecule has 7 nitrogen and oxygen atoms in total. The van der Waals surface area contributed by atoms with Crippen LogP contribution in [0.5, 0.6) is 5.75 Å². The fourth-order valence-corrected chi connectivity index (χ4v) is 3.05. The first-order valence-corrected chi connectivity index (χ1v) is 10.1. The number of ether oxygens (including phenoxy) is 1. The standard InChI is InChI=1S/C19H17Cl4N3O4/c1-10(30-16-5-3-12(21)9-14(16)23)19(29)26-25-18(28)7-6-17(27)24-15-4-2-11(20)8-13(15)22/h2-5,8-10H,6-7H2,1H3,(H,24,27)(H,25,28)(H,26,29). The van der Waals surface area contributed by atoms with Gasteiger partial charge >= 0.3 is 0 Å². The molecule has 0 radical (unpaired) electrons. The molecule has 0 aliphatic heterocycles. The van der Waals surface area contributed by atoms with Gasteiger partial charge in [-0.1, -0.05) is 46.4 Å². The molecule has 0 aliphatic rings. The van der Waals surface area contributed by atoms with Gasteiger partial charge < -0.3 is 10.1 Å². The Labute approximate surface area is 192 Å². The molecule has 30 heavy (non-hydrogen) atoms. The van der Waals surface area contributed by atoms with Crippen molar-refractivity contribution < 1.29 is 19.1 Å². The van der Waals surface area contributed by atoms with Gasteiger partial charge in [-0.2, -0.15) is 0 Å². The number of rotatable bonds is 7. The lowest BCUT2D eigenvalue weighted by Crippen LogP contribution is -2.47. The predicted molar refractivity (Wildman–Crippen MR) is 117 cm³/mol. The molecule has 160 valence electrons. The zero-order valence-corrected chi connectivity index (χ0v) is 18.6. The Morgan fingerprint density at radius 1 is 0.867 bits per heavy atom. The molecule has 3 amide bonds. The van der Waals surface area contributed by atoms with Gasteiger partial charge in [0.1, 0.15) is 5.75 Å². The lowest BCUT2D eigenvalue weighted by Gasteiger charge is -2.16. The normalized spacial score (nSPS) is 11.4. The molecule has 0 saturated heterocycles. The molecule has 1 atom stereocenters. The molecular formula is C19H17Cl4N3O4. The highest BCUT2D eigenvalue weighted by atomic mass is 35.5. The molecule has 0 saturated carbocycles. The first-order chi connectivity index (χ1) is 14.2. The van der Waals surface area contributed by atoms with Gasteiger partial charge in [-0.15, -0.1) is 0 Å². The Hall–Kier alpha value is -2.19. The minimum absolute atomic E-state index is 0.118. The Morgan fingerprint density at radius 3 is 2.10 bits per heavy atom. The second kappa shape index (κ2) is 11.3. The second-order valence-electron chi connectivity index (χ2n) is 6.04. The van der Waals surface area contributed by atoms with Crippen molar-refractivity contribution in [2.24, 2.45) is 0 Å². The Bertz CT molecular complexity index is 955. The van der Waals surface area contributed by atoms with Crippen molar-refractivity contribution in [3.05, 3.63) is 56.5 Å². The van der Waals surface area contributed by atoms with Gasteiger partial charge in [-0.25, -0.2) is 0 Å². The maximum absolute atomic E-state index is 12.0. The van der Waals surface area contributed by atoms with Gasteiger partial charge in [0, 0.05) is 22.9 Å². The predicted octanol–water partition coefficient (Wildman–Crippen LogP) is 4.63. The van der Waals surface area contributed by atoms with Crippen molar-refractivity contribution in [1.82, 2.24) is 10.9 Å². The number of hydrazine groups is 1. The van der Waals surface area contributed by atoms with E-state index in [1.165, 1.54) is 25.1 Å². The minimum Gasteiger partial charge on any atom is -0.479 e. The minimum atomic E-state index is -0.945. The van der Waals surface area contributed by atoms with Gasteiger partial charge in [0.2, 0.25) is 11.8 Å². The second-order valence-corrected chi connectivity index (χ2v) is 7.73. The van der Waals surface area contributed by atoms with Crippen molar-refractivity contribution in [3.8, 4) is 5.75 Å². The summed E-state index contributed by atoms with van der Waals surface area (Å²) in [5.41, 5.74) is 4.82. The zero-order valence-electron chi connectivity index (χ0n) is 15.6. The molecule has 2 aromatic rings. The van der Waals surface area contributed by atoms with Gasteiger partial charge in [0.25, 0.3) is 5.91 Å². The summed E-state index contributed by atoms with van der Waals surface area (Å²) in [5.74, 6) is -1.31. The summed E-state index contributed by atoms with van der Waals surface area (Å²) in [6.45, 7) is 1.48. The molecule has 11 heteroatoms. The van der Waals surface area contributed by atoms with E-state index in [0.717, 1.165) is 0 Å². The van der Waals surface area contributed by atoms with Crippen molar-refractivity contribution in [1.29, 1.82) is 0 Å². The summed E-state index contributed by atoms with van der Waals surface area (Å²) in [5, 5.41) is 3.97. The average molecular weight is 493 g/mol. The summed E-state index contributed by atoms with van der Waals surface area (Å²) in [7, 11) is 0. The SMILES string of the molecule is CC(Oc1ccc(Cl)cc1Cl)C(=O)NNC(=O)CCC(=O)Nc1ccc(Cl)cc1Cl. The molecule has 2 rings (SSSR count). The van der Waals surface area contributed by atoms with Gasteiger partial charge in [-0.3, -0.25) is 25.2 Å². The number of nitrogens with one attached hydrogen (secondary N) is 3. The monoisotopic (exact) mass is 491 g/mol. The highest BCUT2D eigenvalue weighted by Crippen LogP contribution is 2.28. The van der Waals surface area contributed by atoms with Crippen molar-refractivity contribution in [2.75, 3.05) is 5.32 Å². The van der Waals surface area contributed by atoms with Crippen LogP contribution < -0.4 is 20.9 Å². The van der Waals surface area contributed by atoms with Crippen LogP contribution in [-0.4, -0.2) is 23.8 Å². The first kappa shape index (κ1) is 24.1. The third kappa shape index (κ3) is 7.57. The summed E-state index contributed by atoms with van der Waals surface area (Å²) in [4.78, 5) is 35.9. The van der Waals surface area contributed by atoms with E-state index in [0.29, 0.717) is 15.7 Å². The van der Waals surface area contributed by atoms with Crippen molar-refractivity contribution >= 4 is 69.8 Å². The van der Waals surface area contributed by atoms with E-state index in [4.69, 9.17) is 51.1 Å². The number of hydrogen-bond acceptors (Lipinski definition) is 4. The number of benzene rings is 2. The maximum atomic E-state index is 12.0. The van der Waals surface area contributed by atoms with E-state index in [-0.39, 0.29) is 28.6 Å². The van der Waals surface area contributed by atoms with Crippen molar-refractivity contribution in [2.45, 2.75) is 25.9 Å². The van der Waals surface area contributed by atoms with Crippen LogP contribution in [0, 0.1) is 0 Å². The fraction of sp³-hybridized carbons (Fsp3) is 0.211. The Morgan fingerprint density at radius 2 is 1.47 bits per heavy atom. The Balaban J connectivity index is 1.74. The molecule has 0 aromatic heterocycles. The van der Waals surface area contributed by atoms with E-state index in [9.17, 15) is 14.4 Å². The number of amides is 3. The van der Waals surface area contributed by atoms with Crippen LogP contribution >= 0.6 is 46.4 Å². The average Bonchev–Trinajstić information content (AvgIpc) is 2.68. The highest BCUT2D eigenvalue weighted by Gasteiger charge is 2.17. The summed E-state index contributed by atoms with van der Waals surface area (Å²) in [6, 6.07) is 9.19. The largest absolute Gasteiger partial charge is 0.479 e. The van der Waals surface area contributed by atoms with Gasteiger partial charge in [0.05, 0.1) is 15.7 Å². The topological polar surface area (TPSA) is 96.5 Å². The number of carbonyl (C=O) groups is 3. The molecule has 0 heterocycles. The third-order valence-corrected chi connectivity index (χ3v) is 4.75. The number of hydrogen-bond donors (Lipinski definition) is 3. The molecular weight excluding hydrogens is 476 g/mol. The summed E-state index contributed by atoms with van der Waals surface area (Å²) in [6.07, 6.45) is -1.22. The van der Waals surface area contributed by atoms with E-state index < -0.39 is 23.8 Å². The number of anilines is 1. The van der Waals surface area contributed by atoms with E-state index in [1.807, 2.05) is 0 Å². The molecule has 1 unspecified atom stereocenters. The van der Waals surface area contributed by atoms with Crippen LogP contribution in [-0.2, 0) is 14.4 Å². The summed E-state index contributed by atoms with van der Waals surface area (Å²) < 4.78 is 5.44. The van der Waals surface area contributed by atoms with Gasteiger partial charge in [0.15, 0.2) is 6.10 Å². The number of carbonyl (C=O) groups excluding carboxylic acids is 3. The van der Waals surface area contributed by atoms with E-state index >= 15 is 0 Å². The van der Waals surface area contributed by atoms with Crippen LogP contribution in [0.4, 0.5) is 5.69 Å². The molecule has 2 aromatic carbocycles.